The maximum absolute atomic E-state index is 12.4. The van der Waals surface area contributed by atoms with Gasteiger partial charge in [0.15, 0.2) is 21.6 Å². The second-order valence-corrected chi connectivity index (χ2v) is 10.8. The summed E-state index contributed by atoms with van der Waals surface area (Å²) in [6, 6.07) is 16.4. The number of benzene rings is 2. The van der Waals surface area contributed by atoms with Crippen LogP contribution in [0.2, 0.25) is 0 Å². The van der Waals surface area contributed by atoms with Crippen LogP contribution in [0.5, 0.6) is 5.75 Å². The zero-order valence-electron chi connectivity index (χ0n) is 14.7. The first kappa shape index (κ1) is 19.5. The fourth-order valence-corrected chi connectivity index (χ4v) is 7.46. The van der Waals surface area contributed by atoms with E-state index in [0.717, 1.165) is 10.2 Å². The minimum atomic E-state index is -3.09. The maximum atomic E-state index is 12.4. The predicted molar refractivity (Wildman–Crippen MR) is 115 cm³/mol. The molecule has 0 aromatic heterocycles. The van der Waals surface area contributed by atoms with Gasteiger partial charge in [-0.05, 0) is 36.4 Å². The van der Waals surface area contributed by atoms with E-state index < -0.39 is 15.7 Å². The van der Waals surface area contributed by atoms with Gasteiger partial charge in [0.2, 0.25) is 0 Å². The summed E-state index contributed by atoms with van der Waals surface area (Å²) < 4.78 is 30.6. The smallest absolute Gasteiger partial charge is 0.285 e. The lowest BCUT2D eigenvalue weighted by Crippen LogP contribution is -2.37. The number of amides is 1. The number of hydrogen-bond acceptors (Lipinski definition) is 5. The zero-order valence-corrected chi connectivity index (χ0v) is 17.9. The molecule has 9 heteroatoms. The Morgan fingerprint density at radius 3 is 2.57 bits per heavy atom. The third kappa shape index (κ3) is 4.26. The Balaban J connectivity index is 1.56. The Hall–Kier alpha value is -1.84. The Bertz CT molecular complexity index is 1010. The molecular weight excluding hydrogens is 464 g/mol. The fourth-order valence-electron chi connectivity index (χ4n) is 3.27. The maximum Gasteiger partial charge on any atom is 0.285 e. The number of fused-ring (bicyclic) bond motifs is 1. The van der Waals surface area contributed by atoms with Crippen LogP contribution in [0.15, 0.2) is 64.1 Å². The van der Waals surface area contributed by atoms with Crippen LogP contribution in [0.1, 0.15) is 0 Å². The van der Waals surface area contributed by atoms with E-state index in [-0.39, 0.29) is 29.4 Å². The lowest BCUT2D eigenvalue weighted by molar-refractivity contribution is -0.119. The lowest BCUT2D eigenvalue weighted by atomic mass is 10.2. The molecule has 2 aromatic carbocycles. The molecule has 2 saturated heterocycles. The SMILES string of the molecule is O=C(COc1ccccc1)N=C1S[C@@H]2CS(=O)(=O)C[C@H]2N1c1ccc(Br)cc1. The molecule has 2 atom stereocenters. The lowest BCUT2D eigenvalue weighted by Gasteiger charge is -2.24. The van der Waals surface area contributed by atoms with Gasteiger partial charge < -0.3 is 9.64 Å². The van der Waals surface area contributed by atoms with Crippen molar-refractivity contribution in [3.8, 4) is 5.75 Å². The highest BCUT2D eigenvalue weighted by atomic mass is 79.9. The average Bonchev–Trinajstić information content (AvgIpc) is 3.12. The third-order valence-corrected chi connectivity index (χ3v) is 8.24. The highest BCUT2D eigenvalue weighted by Crippen LogP contribution is 2.41. The van der Waals surface area contributed by atoms with E-state index in [1.165, 1.54) is 11.8 Å². The van der Waals surface area contributed by atoms with Crippen LogP contribution in [0.3, 0.4) is 0 Å². The van der Waals surface area contributed by atoms with E-state index in [9.17, 15) is 13.2 Å². The standard InChI is InChI=1S/C19H17BrN2O4S2/c20-13-6-8-14(9-7-13)22-16-11-28(24,25)12-17(16)27-19(22)21-18(23)10-26-15-4-2-1-3-5-15/h1-9,16-17H,10-12H2/t16-,17-/m1/s1. The van der Waals surface area contributed by atoms with Crippen molar-refractivity contribution in [3.05, 3.63) is 59.1 Å². The van der Waals surface area contributed by atoms with Gasteiger partial charge >= 0.3 is 0 Å². The molecule has 0 saturated carbocycles. The normalized spacial score (nSPS) is 24.3. The highest BCUT2D eigenvalue weighted by Gasteiger charge is 2.49. The van der Waals surface area contributed by atoms with Gasteiger partial charge in [0.25, 0.3) is 5.91 Å². The number of carbonyl (C=O) groups excluding carboxylic acids is 1. The summed E-state index contributed by atoms with van der Waals surface area (Å²) in [6.45, 7) is -0.171. The summed E-state index contributed by atoms with van der Waals surface area (Å²) in [5.74, 6) is 0.358. The number of sulfone groups is 1. The Labute approximate surface area is 176 Å². The monoisotopic (exact) mass is 480 g/mol. The molecule has 2 aromatic rings. The third-order valence-electron chi connectivity index (χ3n) is 4.50. The summed E-state index contributed by atoms with van der Waals surface area (Å²) in [7, 11) is -3.09. The summed E-state index contributed by atoms with van der Waals surface area (Å²) in [4.78, 5) is 18.5. The van der Waals surface area contributed by atoms with E-state index in [2.05, 4.69) is 20.9 Å². The number of amidine groups is 1. The Kier molecular flexibility index (Phi) is 5.48. The van der Waals surface area contributed by atoms with Gasteiger partial charge in [-0.15, -0.1) is 0 Å². The van der Waals surface area contributed by atoms with Crippen molar-refractivity contribution >= 4 is 54.3 Å². The molecule has 2 aliphatic rings. The number of hydrogen-bond donors (Lipinski definition) is 0. The number of thioether (sulfide) groups is 1. The van der Waals surface area contributed by atoms with Crippen LogP contribution in [0.4, 0.5) is 5.69 Å². The molecule has 0 N–H and O–H groups in total. The first-order chi connectivity index (χ1) is 13.4. The molecule has 6 nitrogen and oxygen atoms in total. The van der Waals surface area contributed by atoms with Crippen LogP contribution in [-0.4, -0.2) is 48.9 Å². The van der Waals surface area contributed by atoms with Crippen molar-refractivity contribution in [2.75, 3.05) is 23.0 Å². The number of nitrogens with zero attached hydrogens (tertiary/aromatic N) is 2. The van der Waals surface area contributed by atoms with Gasteiger partial charge in [-0.2, -0.15) is 4.99 Å². The highest BCUT2D eigenvalue weighted by molar-refractivity contribution is 9.10. The van der Waals surface area contributed by atoms with Gasteiger partial charge in [-0.25, -0.2) is 8.42 Å². The number of anilines is 1. The van der Waals surface area contributed by atoms with E-state index in [1.54, 1.807) is 12.1 Å². The second kappa shape index (κ2) is 7.88. The molecule has 0 radical (unpaired) electrons. The summed E-state index contributed by atoms with van der Waals surface area (Å²) in [5.41, 5.74) is 0.816. The summed E-state index contributed by atoms with van der Waals surface area (Å²) >= 11 is 4.76. The van der Waals surface area contributed by atoms with Crippen molar-refractivity contribution < 1.29 is 17.9 Å². The molecule has 146 valence electrons. The fraction of sp³-hybridized carbons (Fsp3) is 0.263. The molecule has 0 unspecified atom stereocenters. The van der Waals surface area contributed by atoms with Gasteiger partial charge in [0.05, 0.1) is 17.5 Å². The van der Waals surface area contributed by atoms with Gasteiger partial charge in [-0.1, -0.05) is 45.9 Å². The van der Waals surface area contributed by atoms with Gasteiger partial charge in [-0.3, -0.25) is 4.79 Å². The molecule has 4 rings (SSSR count). The van der Waals surface area contributed by atoms with E-state index >= 15 is 0 Å². The molecule has 2 aliphatic heterocycles. The van der Waals surface area contributed by atoms with Crippen molar-refractivity contribution in [1.29, 1.82) is 0 Å². The average molecular weight is 481 g/mol. The molecule has 0 spiro atoms. The quantitative estimate of drug-likeness (QED) is 0.668. The second-order valence-electron chi connectivity index (χ2n) is 6.54. The minimum Gasteiger partial charge on any atom is -0.484 e. The molecule has 0 aliphatic carbocycles. The molecular formula is C19H17BrN2O4S2. The van der Waals surface area contributed by atoms with Crippen LogP contribution in [0.25, 0.3) is 0 Å². The number of halogens is 1. The summed E-state index contributed by atoms with van der Waals surface area (Å²) in [6.07, 6.45) is 0. The van der Waals surface area contributed by atoms with Crippen LogP contribution >= 0.6 is 27.7 Å². The van der Waals surface area contributed by atoms with Crippen molar-refractivity contribution in [2.24, 2.45) is 4.99 Å². The number of para-hydroxylation sites is 1. The first-order valence-corrected chi connectivity index (χ1v) is 12.1. The molecule has 2 fully saturated rings. The first-order valence-electron chi connectivity index (χ1n) is 8.62. The molecule has 1 amide bonds. The predicted octanol–water partition coefficient (Wildman–Crippen LogP) is 3.13. The van der Waals surface area contributed by atoms with Gasteiger partial charge in [0.1, 0.15) is 5.75 Å². The Morgan fingerprint density at radius 1 is 1.14 bits per heavy atom. The van der Waals surface area contributed by atoms with E-state index in [0.29, 0.717) is 10.9 Å². The number of ether oxygens (including phenoxy) is 1. The largest absolute Gasteiger partial charge is 0.484 e. The molecule has 28 heavy (non-hydrogen) atoms. The molecule has 0 bridgehead atoms. The zero-order chi connectivity index (χ0) is 19.7. The van der Waals surface area contributed by atoms with Crippen LogP contribution < -0.4 is 9.64 Å². The topological polar surface area (TPSA) is 76.0 Å². The van der Waals surface area contributed by atoms with Crippen LogP contribution in [0, 0.1) is 0 Å². The summed E-state index contributed by atoms with van der Waals surface area (Å²) in [5, 5.41) is 0.393. The van der Waals surface area contributed by atoms with Crippen molar-refractivity contribution in [2.45, 2.75) is 11.3 Å². The number of carbonyl (C=O) groups is 1. The minimum absolute atomic E-state index is 0.0639. The van der Waals surface area contributed by atoms with E-state index in [1.807, 2.05) is 47.4 Å². The van der Waals surface area contributed by atoms with Gasteiger partial charge in [0, 0.05) is 15.4 Å². The molecule has 2 heterocycles. The van der Waals surface area contributed by atoms with Crippen LogP contribution in [-0.2, 0) is 14.6 Å². The number of rotatable bonds is 4. The van der Waals surface area contributed by atoms with E-state index in [4.69, 9.17) is 4.74 Å². The van der Waals surface area contributed by atoms with Crippen molar-refractivity contribution in [1.82, 2.24) is 0 Å². The van der Waals surface area contributed by atoms with Crippen molar-refractivity contribution in [3.63, 3.8) is 0 Å². The Morgan fingerprint density at radius 2 is 1.86 bits per heavy atom. The number of aliphatic imine (C=N–C) groups is 1.